The lowest BCUT2D eigenvalue weighted by Gasteiger charge is -2.15. The molecular weight excluding hydrogens is 317 g/mol. The van der Waals surface area contributed by atoms with Crippen molar-refractivity contribution >= 4 is 0 Å². The van der Waals surface area contributed by atoms with Crippen LogP contribution in [0.2, 0.25) is 0 Å². The summed E-state index contributed by atoms with van der Waals surface area (Å²) in [5, 5.41) is 0. The molecule has 0 fully saturated rings. The lowest BCUT2D eigenvalue weighted by molar-refractivity contribution is -0.137. The number of nitrogens with zero attached hydrogens (tertiary/aromatic N) is 4. The molecule has 0 bridgehead atoms. The Labute approximate surface area is 137 Å². The second kappa shape index (κ2) is 5.51. The van der Waals surface area contributed by atoms with Gasteiger partial charge in [0.1, 0.15) is 11.6 Å². The predicted molar refractivity (Wildman–Crippen MR) is 84.6 cm³/mol. The van der Waals surface area contributed by atoms with E-state index in [0.29, 0.717) is 23.0 Å². The van der Waals surface area contributed by atoms with Gasteiger partial charge >= 0.3 is 6.18 Å². The van der Waals surface area contributed by atoms with E-state index in [1.54, 1.807) is 55.3 Å². The highest BCUT2D eigenvalue weighted by Crippen LogP contribution is 2.33. The number of halogens is 3. The summed E-state index contributed by atoms with van der Waals surface area (Å²) >= 11 is 0. The summed E-state index contributed by atoms with van der Waals surface area (Å²) in [5.41, 5.74) is 1.64. The zero-order valence-electron chi connectivity index (χ0n) is 13.8. The number of rotatable bonds is 2. The highest BCUT2D eigenvalue weighted by molar-refractivity contribution is 5.49. The first-order chi connectivity index (χ1) is 11.1. The van der Waals surface area contributed by atoms with Gasteiger partial charge in [0, 0.05) is 23.8 Å². The zero-order valence-corrected chi connectivity index (χ0v) is 13.8. The van der Waals surface area contributed by atoms with Crippen LogP contribution in [0.15, 0.2) is 30.6 Å². The van der Waals surface area contributed by atoms with Gasteiger partial charge in [-0.15, -0.1) is 0 Å². The molecule has 0 aliphatic heterocycles. The second-order valence-corrected chi connectivity index (χ2v) is 5.83. The second-order valence-electron chi connectivity index (χ2n) is 5.83. The molecule has 1 aromatic carbocycles. The van der Waals surface area contributed by atoms with Crippen molar-refractivity contribution in [1.29, 1.82) is 0 Å². The van der Waals surface area contributed by atoms with Crippen molar-refractivity contribution in [3.8, 4) is 11.4 Å². The highest BCUT2D eigenvalue weighted by atomic mass is 19.4. The van der Waals surface area contributed by atoms with Crippen LogP contribution in [-0.4, -0.2) is 19.1 Å². The van der Waals surface area contributed by atoms with E-state index in [2.05, 4.69) is 9.97 Å². The van der Waals surface area contributed by atoms with Crippen molar-refractivity contribution in [3.63, 3.8) is 0 Å². The van der Waals surface area contributed by atoms with Crippen LogP contribution in [0.25, 0.3) is 11.4 Å². The topological polar surface area (TPSA) is 35.6 Å². The molecule has 3 rings (SSSR count). The van der Waals surface area contributed by atoms with Gasteiger partial charge in [-0.1, -0.05) is 0 Å². The molecule has 0 saturated heterocycles. The lowest BCUT2D eigenvalue weighted by atomic mass is 10.1. The third-order valence-electron chi connectivity index (χ3n) is 3.79. The number of aromatic nitrogens is 4. The summed E-state index contributed by atoms with van der Waals surface area (Å²) in [4.78, 5) is 8.53. The van der Waals surface area contributed by atoms with E-state index in [1.165, 1.54) is 0 Å². The van der Waals surface area contributed by atoms with Crippen LogP contribution in [0, 0.1) is 27.7 Å². The predicted octanol–water partition coefficient (Wildman–Crippen LogP) is 4.31. The molecular formula is C17H17F3N4. The average Bonchev–Trinajstić information content (AvgIpc) is 2.98. The van der Waals surface area contributed by atoms with Gasteiger partial charge in [-0.05, 0) is 45.9 Å². The van der Waals surface area contributed by atoms with Crippen molar-refractivity contribution in [1.82, 2.24) is 19.1 Å². The Morgan fingerprint density at radius 3 is 1.46 bits per heavy atom. The van der Waals surface area contributed by atoms with Crippen molar-refractivity contribution in [3.05, 3.63) is 59.2 Å². The van der Waals surface area contributed by atoms with Crippen LogP contribution in [0.4, 0.5) is 13.2 Å². The van der Waals surface area contributed by atoms with Gasteiger partial charge in [0.05, 0.1) is 17.0 Å². The molecule has 0 spiro atoms. The summed E-state index contributed by atoms with van der Waals surface area (Å²) in [6.45, 7) is 7.14. The standard InChI is InChI=1S/C17H17F3N4/c1-10-8-23(12(3)21-10)15-5-14(17(18,19)20)6-16(7-15)24-9-11(2)22-13(24)4/h5-9H,1-4H3. The Bertz CT molecular complexity index is 839. The molecule has 0 atom stereocenters. The Morgan fingerprint density at radius 1 is 0.750 bits per heavy atom. The van der Waals surface area contributed by atoms with Crippen molar-refractivity contribution in [2.45, 2.75) is 33.9 Å². The molecule has 0 N–H and O–H groups in total. The van der Waals surface area contributed by atoms with Crippen LogP contribution in [0.1, 0.15) is 28.6 Å². The van der Waals surface area contributed by atoms with E-state index in [9.17, 15) is 13.2 Å². The highest BCUT2D eigenvalue weighted by Gasteiger charge is 2.31. The normalized spacial score (nSPS) is 12.0. The Hall–Kier alpha value is -2.57. The van der Waals surface area contributed by atoms with Crippen molar-refractivity contribution < 1.29 is 13.2 Å². The third kappa shape index (κ3) is 2.93. The molecule has 4 nitrogen and oxygen atoms in total. The molecule has 0 aliphatic carbocycles. The number of aryl methyl sites for hydroxylation is 4. The summed E-state index contributed by atoms with van der Waals surface area (Å²) in [5.74, 6) is 1.27. The average molecular weight is 334 g/mol. The van der Waals surface area contributed by atoms with Crippen LogP contribution in [-0.2, 0) is 6.18 Å². The first-order valence-electron chi connectivity index (χ1n) is 7.43. The molecule has 2 heterocycles. The molecule has 0 unspecified atom stereocenters. The van der Waals surface area contributed by atoms with E-state index < -0.39 is 11.7 Å². The monoisotopic (exact) mass is 334 g/mol. The van der Waals surface area contributed by atoms with Gasteiger partial charge in [0.2, 0.25) is 0 Å². The molecule has 7 heteroatoms. The van der Waals surface area contributed by atoms with Crippen LogP contribution in [0.3, 0.4) is 0 Å². The summed E-state index contributed by atoms with van der Waals surface area (Å²) in [6.07, 6.45) is -0.987. The van der Waals surface area contributed by atoms with Crippen LogP contribution >= 0.6 is 0 Å². The minimum absolute atomic E-state index is 0.420. The third-order valence-corrected chi connectivity index (χ3v) is 3.79. The van der Waals surface area contributed by atoms with Gasteiger partial charge in [0.15, 0.2) is 0 Å². The first kappa shape index (κ1) is 16.3. The van der Waals surface area contributed by atoms with Gasteiger partial charge in [0.25, 0.3) is 0 Å². The molecule has 2 aromatic heterocycles. The maximum atomic E-state index is 13.3. The van der Waals surface area contributed by atoms with E-state index in [0.717, 1.165) is 23.5 Å². The number of imidazole rings is 2. The van der Waals surface area contributed by atoms with Crippen molar-refractivity contribution in [2.24, 2.45) is 0 Å². The molecule has 0 saturated carbocycles. The van der Waals surface area contributed by atoms with Crippen molar-refractivity contribution in [2.75, 3.05) is 0 Å². The first-order valence-corrected chi connectivity index (χ1v) is 7.43. The maximum Gasteiger partial charge on any atom is 0.416 e. The summed E-state index contributed by atoms with van der Waals surface area (Å²) < 4.78 is 43.3. The number of benzene rings is 1. The van der Waals surface area contributed by atoms with E-state index in [4.69, 9.17) is 0 Å². The van der Waals surface area contributed by atoms with Crippen LogP contribution in [0.5, 0.6) is 0 Å². The maximum absolute atomic E-state index is 13.3. The Balaban J connectivity index is 2.25. The lowest BCUT2D eigenvalue weighted by Crippen LogP contribution is -2.09. The zero-order chi connectivity index (χ0) is 17.6. The smallest absolute Gasteiger partial charge is 0.304 e. The number of alkyl halides is 3. The summed E-state index contributed by atoms with van der Waals surface area (Å²) in [6, 6.07) is 3.98. The molecule has 24 heavy (non-hydrogen) atoms. The van der Waals surface area contributed by atoms with Gasteiger partial charge in [-0.25, -0.2) is 9.97 Å². The van der Waals surface area contributed by atoms with Gasteiger partial charge in [-0.2, -0.15) is 13.2 Å². The SMILES string of the molecule is Cc1cn(-c2cc(-n3cc(C)nc3C)cc(C(F)(F)F)c2)c(C)n1. The minimum atomic E-state index is -4.43. The Kier molecular flexibility index (Phi) is 3.74. The largest absolute Gasteiger partial charge is 0.416 e. The van der Waals surface area contributed by atoms with E-state index in [-0.39, 0.29) is 0 Å². The van der Waals surface area contributed by atoms with E-state index >= 15 is 0 Å². The Morgan fingerprint density at radius 2 is 1.17 bits per heavy atom. The molecule has 0 amide bonds. The molecule has 0 aliphatic rings. The molecule has 126 valence electrons. The number of hydrogen-bond acceptors (Lipinski definition) is 2. The fraction of sp³-hybridized carbons (Fsp3) is 0.294. The summed E-state index contributed by atoms with van der Waals surface area (Å²) in [7, 11) is 0. The van der Waals surface area contributed by atoms with Gasteiger partial charge < -0.3 is 9.13 Å². The molecule has 0 radical (unpaired) electrons. The van der Waals surface area contributed by atoms with Crippen LogP contribution < -0.4 is 0 Å². The minimum Gasteiger partial charge on any atom is -0.304 e. The quantitative estimate of drug-likeness (QED) is 0.700. The fourth-order valence-corrected chi connectivity index (χ4v) is 2.80. The number of hydrogen-bond donors (Lipinski definition) is 0. The van der Waals surface area contributed by atoms with E-state index in [1.807, 2.05) is 0 Å². The fourth-order valence-electron chi connectivity index (χ4n) is 2.80. The van der Waals surface area contributed by atoms with Gasteiger partial charge in [-0.3, -0.25) is 0 Å². The molecule has 3 aromatic rings.